The minimum Gasteiger partial charge on any atom is -0.336 e. The summed E-state index contributed by atoms with van der Waals surface area (Å²) in [4.78, 5) is 20.5. The van der Waals surface area contributed by atoms with E-state index in [0.29, 0.717) is 39.3 Å². The normalized spacial score (nSPS) is 11.4. The van der Waals surface area contributed by atoms with Crippen molar-refractivity contribution in [1.29, 1.82) is 0 Å². The lowest BCUT2D eigenvalue weighted by Gasteiger charge is -2.03. The van der Waals surface area contributed by atoms with E-state index < -0.39 is 5.82 Å². The van der Waals surface area contributed by atoms with Crippen LogP contribution < -0.4 is 0 Å². The van der Waals surface area contributed by atoms with Gasteiger partial charge in [0.05, 0.1) is 28.3 Å². The van der Waals surface area contributed by atoms with Crippen LogP contribution in [0.2, 0.25) is 0 Å². The number of H-pyrrole nitrogens is 2. The predicted octanol–water partition coefficient (Wildman–Crippen LogP) is 4.90. The molecule has 0 fully saturated rings. The van der Waals surface area contributed by atoms with Crippen LogP contribution in [0.4, 0.5) is 8.78 Å². The number of pyridine rings is 3. The lowest BCUT2D eigenvalue weighted by atomic mass is 10.1. The van der Waals surface area contributed by atoms with Crippen LogP contribution in [0.1, 0.15) is 0 Å². The highest BCUT2D eigenvalue weighted by Crippen LogP contribution is 2.33. The van der Waals surface area contributed by atoms with Crippen LogP contribution in [0.3, 0.4) is 0 Å². The smallest absolute Gasteiger partial charge is 0.161 e. The van der Waals surface area contributed by atoms with Crippen LogP contribution in [-0.2, 0) is 0 Å². The number of imidazole rings is 1. The lowest BCUT2D eigenvalue weighted by Crippen LogP contribution is -1.92. The van der Waals surface area contributed by atoms with Gasteiger partial charge in [-0.1, -0.05) is 0 Å². The van der Waals surface area contributed by atoms with E-state index in [9.17, 15) is 4.39 Å². The highest BCUT2D eigenvalue weighted by atomic mass is 19.1. The van der Waals surface area contributed by atoms with Crippen molar-refractivity contribution in [2.75, 3.05) is 0 Å². The van der Waals surface area contributed by atoms with E-state index in [2.05, 4.69) is 35.1 Å². The quantitative estimate of drug-likeness (QED) is 0.420. The van der Waals surface area contributed by atoms with Crippen molar-refractivity contribution in [1.82, 2.24) is 35.1 Å². The van der Waals surface area contributed by atoms with Crippen LogP contribution >= 0.6 is 0 Å². The van der Waals surface area contributed by atoms with Gasteiger partial charge in [0.25, 0.3) is 0 Å². The summed E-state index contributed by atoms with van der Waals surface area (Å²) in [5.41, 5.74) is 4.09. The van der Waals surface area contributed by atoms with E-state index in [1.54, 1.807) is 48.9 Å². The molecule has 5 heterocycles. The van der Waals surface area contributed by atoms with Crippen LogP contribution in [-0.4, -0.2) is 35.1 Å². The average Bonchev–Trinajstić information content (AvgIpc) is 3.45. The van der Waals surface area contributed by atoms with Crippen LogP contribution in [0.25, 0.3) is 56.0 Å². The molecule has 0 aliphatic carbocycles. The Kier molecular flexibility index (Phi) is 4.00. The standard InChI is InChI=1S/C23H13F2N7/c24-14-5-3-12(4-6-14)20-21-15(7-9-27-20)29-23(30-21)22-17-16(31-32-22)11-28-19(18(17)25)13-2-1-8-26-10-13/h1-11H,(H,29,30)(H,31,32). The van der Waals surface area contributed by atoms with E-state index in [1.807, 2.05) is 0 Å². The minimum atomic E-state index is -0.517. The number of halogens is 2. The minimum absolute atomic E-state index is 0.179. The zero-order chi connectivity index (χ0) is 21.7. The van der Waals surface area contributed by atoms with E-state index in [0.717, 1.165) is 5.56 Å². The maximum atomic E-state index is 15.5. The fourth-order valence-electron chi connectivity index (χ4n) is 3.72. The van der Waals surface area contributed by atoms with Gasteiger partial charge < -0.3 is 4.98 Å². The first kappa shape index (κ1) is 18.3. The van der Waals surface area contributed by atoms with Gasteiger partial charge in [0, 0.05) is 29.7 Å². The van der Waals surface area contributed by atoms with E-state index in [4.69, 9.17) is 0 Å². The van der Waals surface area contributed by atoms with Crippen molar-refractivity contribution in [3.63, 3.8) is 0 Å². The Hall–Kier alpha value is -4.53. The number of nitrogens with one attached hydrogen (secondary N) is 2. The van der Waals surface area contributed by atoms with Crippen molar-refractivity contribution in [2.45, 2.75) is 0 Å². The van der Waals surface area contributed by atoms with Crippen molar-refractivity contribution < 1.29 is 8.78 Å². The van der Waals surface area contributed by atoms with Gasteiger partial charge in [0.15, 0.2) is 11.6 Å². The Bertz CT molecular complexity index is 1590. The number of hydrogen-bond acceptors (Lipinski definition) is 5. The molecule has 5 aromatic heterocycles. The monoisotopic (exact) mass is 425 g/mol. The molecule has 6 rings (SSSR count). The summed E-state index contributed by atoms with van der Waals surface area (Å²) in [6.45, 7) is 0. The molecule has 0 saturated carbocycles. The highest BCUT2D eigenvalue weighted by Gasteiger charge is 2.21. The summed E-state index contributed by atoms with van der Waals surface area (Å²) in [6, 6.07) is 11.3. The molecule has 7 nitrogen and oxygen atoms in total. The van der Waals surface area contributed by atoms with Crippen molar-refractivity contribution >= 4 is 21.9 Å². The second-order valence-corrected chi connectivity index (χ2v) is 7.17. The summed E-state index contributed by atoms with van der Waals surface area (Å²) in [5, 5.41) is 7.38. The molecule has 0 bridgehead atoms. The molecular weight excluding hydrogens is 412 g/mol. The van der Waals surface area contributed by atoms with E-state index in [-0.39, 0.29) is 16.9 Å². The predicted molar refractivity (Wildman–Crippen MR) is 115 cm³/mol. The third-order valence-corrected chi connectivity index (χ3v) is 5.22. The largest absolute Gasteiger partial charge is 0.336 e. The Morgan fingerprint density at radius 3 is 2.44 bits per heavy atom. The molecule has 9 heteroatoms. The number of hydrogen-bond donors (Lipinski definition) is 2. The second-order valence-electron chi connectivity index (χ2n) is 7.17. The van der Waals surface area contributed by atoms with Gasteiger partial charge in [-0.2, -0.15) is 5.10 Å². The molecule has 0 aliphatic heterocycles. The number of benzene rings is 1. The molecule has 1 aromatic carbocycles. The fraction of sp³-hybridized carbons (Fsp3) is 0. The van der Waals surface area contributed by atoms with Gasteiger partial charge in [-0.25, -0.2) is 13.8 Å². The lowest BCUT2D eigenvalue weighted by molar-refractivity contribution is 0.628. The molecule has 0 aliphatic rings. The first-order chi connectivity index (χ1) is 15.7. The fourth-order valence-corrected chi connectivity index (χ4v) is 3.72. The van der Waals surface area contributed by atoms with Crippen LogP contribution in [0, 0.1) is 11.6 Å². The summed E-state index contributed by atoms with van der Waals surface area (Å²) in [6.07, 6.45) is 6.34. The molecule has 0 radical (unpaired) electrons. The maximum Gasteiger partial charge on any atom is 0.161 e. The Labute approximate surface area is 179 Å². The highest BCUT2D eigenvalue weighted by molar-refractivity contribution is 5.97. The molecule has 0 spiro atoms. The van der Waals surface area contributed by atoms with Gasteiger partial charge >= 0.3 is 0 Å². The number of aromatic amines is 2. The molecule has 2 N–H and O–H groups in total. The van der Waals surface area contributed by atoms with Crippen molar-refractivity contribution in [3.05, 3.63) is 78.9 Å². The molecule has 0 amide bonds. The molecule has 6 aromatic rings. The zero-order valence-electron chi connectivity index (χ0n) is 16.3. The Morgan fingerprint density at radius 2 is 1.62 bits per heavy atom. The summed E-state index contributed by atoms with van der Waals surface area (Å²) >= 11 is 0. The SMILES string of the molecule is Fc1ccc(-c2nccc3[nH]c(-c4n[nH]c5cnc(-c6cccnc6)c(F)c45)nc23)cc1. The third-order valence-electron chi connectivity index (χ3n) is 5.22. The Morgan fingerprint density at radius 1 is 0.750 bits per heavy atom. The van der Waals surface area contributed by atoms with E-state index in [1.165, 1.54) is 18.3 Å². The number of rotatable bonds is 3. The van der Waals surface area contributed by atoms with Gasteiger partial charge in [-0.15, -0.1) is 0 Å². The van der Waals surface area contributed by atoms with Gasteiger partial charge in [0.1, 0.15) is 22.7 Å². The summed E-state index contributed by atoms with van der Waals surface area (Å²) in [5.74, 6) is -0.471. The summed E-state index contributed by atoms with van der Waals surface area (Å²) < 4.78 is 28.9. The average molecular weight is 425 g/mol. The summed E-state index contributed by atoms with van der Waals surface area (Å²) in [7, 11) is 0. The molecule has 32 heavy (non-hydrogen) atoms. The third kappa shape index (κ3) is 2.83. The first-order valence-electron chi connectivity index (χ1n) is 9.73. The number of aromatic nitrogens is 7. The van der Waals surface area contributed by atoms with Gasteiger partial charge in [-0.3, -0.25) is 20.1 Å². The molecule has 0 unspecified atom stereocenters. The number of fused-ring (bicyclic) bond motifs is 2. The van der Waals surface area contributed by atoms with Crippen LogP contribution in [0.15, 0.2) is 67.3 Å². The zero-order valence-corrected chi connectivity index (χ0v) is 16.3. The molecule has 0 atom stereocenters. The van der Waals surface area contributed by atoms with Crippen molar-refractivity contribution in [3.8, 4) is 34.0 Å². The topological polar surface area (TPSA) is 96.0 Å². The van der Waals surface area contributed by atoms with Gasteiger partial charge in [0.2, 0.25) is 0 Å². The van der Waals surface area contributed by atoms with Crippen molar-refractivity contribution in [2.24, 2.45) is 0 Å². The molecule has 0 saturated heterocycles. The molecule has 154 valence electrons. The molecular formula is C23H13F2N7. The maximum absolute atomic E-state index is 15.5. The number of nitrogens with zero attached hydrogens (tertiary/aromatic N) is 5. The first-order valence-corrected chi connectivity index (χ1v) is 9.73. The van der Waals surface area contributed by atoms with Gasteiger partial charge in [-0.05, 0) is 42.5 Å². The Balaban J connectivity index is 1.54. The van der Waals surface area contributed by atoms with E-state index >= 15 is 4.39 Å². The second kappa shape index (κ2) is 7.02. The van der Waals surface area contributed by atoms with Crippen LogP contribution in [0.5, 0.6) is 0 Å².